The molecule has 0 heterocycles. The Morgan fingerprint density at radius 2 is 2.00 bits per heavy atom. The number of hydrogen-bond donors (Lipinski definition) is 3. The van der Waals surface area contributed by atoms with Gasteiger partial charge in [0, 0.05) is 33.6 Å². The number of guanidine groups is 1. The molecule has 5 nitrogen and oxygen atoms in total. The molecule has 0 bridgehead atoms. The van der Waals surface area contributed by atoms with Crippen LogP contribution in [0.25, 0.3) is 0 Å². The summed E-state index contributed by atoms with van der Waals surface area (Å²) in [5.41, 5.74) is 0. The molecule has 0 atom stereocenters. The van der Waals surface area contributed by atoms with E-state index in [0.29, 0.717) is 18.9 Å². The van der Waals surface area contributed by atoms with Crippen molar-refractivity contribution in [2.24, 2.45) is 4.99 Å². The van der Waals surface area contributed by atoms with Crippen LogP contribution in [0.4, 0.5) is 0 Å². The van der Waals surface area contributed by atoms with Crippen LogP contribution in [0.1, 0.15) is 19.8 Å². The smallest absolute Gasteiger partial charge is 0.221 e. The molecule has 0 aromatic carbocycles. The van der Waals surface area contributed by atoms with Crippen LogP contribution < -0.4 is 16.0 Å². The van der Waals surface area contributed by atoms with Gasteiger partial charge in [-0.15, -0.1) is 0 Å². The lowest BCUT2D eigenvalue weighted by Crippen LogP contribution is -2.37. The third-order valence-corrected chi connectivity index (χ3v) is 1.68. The molecule has 0 unspecified atom stereocenters. The zero-order valence-electron chi connectivity index (χ0n) is 9.18. The largest absolute Gasteiger partial charge is 0.359 e. The first-order valence-electron chi connectivity index (χ1n) is 4.89. The number of carbonyl (C=O) groups is 1. The molecule has 0 aliphatic carbocycles. The fraction of sp³-hybridized carbons (Fsp3) is 0.778. The predicted octanol–water partition coefficient (Wildman–Crippen LogP) is -0.302. The van der Waals surface area contributed by atoms with Crippen LogP contribution in [-0.2, 0) is 4.79 Å². The summed E-state index contributed by atoms with van der Waals surface area (Å²) in [6.45, 7) is 3.38. The van der Waals surface area contributed by atoms with Crippen molar-refractivity contribution in [2.45, 2.75) is 19.8 Å². The second kappa shape index (κ2) is 8.34. The Kier molecular flexibility index (Phi) is 7.59. The normalized spacial score (nSPS) is 10.9. The third kappa shape index (κ3) is 6.28. The average Bonchev–Trinajstić information content (AvgIpc) is 2.21. The van der Waals surface area contributed by atoms with E-state index >= 15 is 0 Å². The van der Waals surface area contributed by atoms with Crippen molar-refractivity contribution in [1.82, 2.24) is 16.0 Å². The van der Waals surface area contributed by atoms with Gasteiger partial charge in [0.15, 0.2) is 5.96 Å². The quantitative estimate of drug-likeness (QED) is 0.421. The molecule has 5 heteroatoms. The molecule has 0 rings (SSSR count). The highest BCUT2D eigenvalue weighted by molar-refractivity contribution is 5.80. The first-order chi connectivity index (χ1) is 6.74. The summed E-state index contributed by atoms with van der Waals surface area (Å²) in [5, 5.41) is 8.68. The summed E-state index contributed by atoms with van der Waals surface area (Å²) in [5.74, 6) is 0.777. The number of hydrogen-bond acceptors (Lipinski definition) is 2. The molecule has 0 spiro atoms. The highest BCUT2D eigenvalue weighted by atomic mass is 16.1. The zero-order chi connectivity index (χ0) is 10.8. The number of nitrogens with one attached hydrogen (secondary N) is 3. The van der Waals surface area contributed by atoms with Crippen LogP contribution in [0.15, 0.2) is 4.99 Å². The van der Waals surface area contributed by atoms with E-state index in [4.69, 9.17) is 0 Å². The van der Waals surface area contributed by atoms with Gasteiger partial charge in [-0.05, 0) is 6.42 Å². The van der Waals surface area contributed by atoms with Gasteiger partial charge in [-0.25, -0.2) is 0 Å². The maximum absolute atomic E-state index is 11.1. The van der Waals surface area contributed by atoms with Gasteiger partial charge in [0.1, 0.15) is 0 Å². The van der Waals surface area contributed by atoms with Crippen LogP contribution in [0.3, 0.4) is 0 Å². The summed E-state index contributed by atoms with van der Waals surface area (Å²) in [6, 6.07) is 0. The molecule has 0 aromatic rings. The van der Waals surface area contributed by atoms with Gasteiger partial charge in [0.2, 0.25) is 5.91 Å². The van der Waals surface area contributed by atoms with Crippen LogP contribution >= 0.6 is 0 Å². The van der Waals surface area contributed by atoms with Gasteiger partial charge in [0.25, 0.3) is 0 Å². The van der Waals surface area contributed by atoms with E-state index in [1.165, 1.54) is 0 Å². The second-order valence-corrected chi connectivity index (χ2v) is 2.85. The Balaban J connectivity index is 3.48. The number of aliphatic imine (C=N–C) groups is 1. The fourth-order valence-electron chi connectivity index (χ4n) is 0.926. The van der Waals surface area contributed by atoms with Crippen molar-refractivity contribution in [1.29, 1.82) is 0 Å². The molecule has 0 aromatic heterocycles. The third-order valence-electron chi connectivity index (χ3n) is 1.68. The molecule has 0 fully saturated rings. The maximum Gasteiger partial charge on any atom is 0.221 e. The Morgan fingerprint density at radius 1 is 1.29 bits per heavy atom. The number of carbonyl (C=O) groups excluding carboxylic acids is 1. The summed E-state index contributed by atoms with van der Waals surface area (Å²) in [6.07, 6.45) is 1.44. The number of nitrogens with zero attached hydrogens (tertiary/aromatic N) is 1. The molecular formula is C9H20N4O. The molecular weight excluding hydrogens is 180 g/mol. The molecule has 3 N–H and O–H groups in total. The molecule has 0 saturated carbocycles. The SMILES string of the molecule is CCCNC(=O)CCNC(=NC)NC. The standard InChI is InChI=1S/C9H20N4O/c1-4-6-12-8(14)5-7-13-9(10-2)11-3/h4-7H2,1-3H3,(H,12,14)(H2,10,11,13). The monoisotopic (exact) mass is 200 g/mol. The lowest BCUT2D eigenvalue weighted by Gasteiger charge is -2.08. The Labute approximate surface area is 85.4 Å². The summed E-state index contributed by atoms with van der Waals surface area (Å²) in [4.78, 5) is 15.1. The second-order valence-electron chi connectivity index (χ2n) is 2.85. The molecule has 0 radical (unpaired) electrons. The minimum Gasteiger partial charge on any atom is -0.359 e. The first-order valence-corrected chi connectivity index (χ1v) is 4.89. The van der Waals surface area contributed by atoms with E-state index in [9.17, 15) is 4.79 Å². The van der Waals surface area contributed by atoms with Gasteiger partial charge in [-0.2, -0.15) is 0 Å². The average molecular weight is 200 g/mol. The van der Waals surface area contributed by atoms with E-state index in [1.54, 1.807) is 14.1 Å². The van der Waals surface area contributed by atoms with Gasteiger partial charge < -0.3 is 16.0 Å². The minimum atomic E-state index is 0.0749. The number of amides is 1. The molecule has 1 amide bonds. The zero-order valence-corrected chi connectivity index (χ0v) is 9.18. The van der Waals surface area contributed by atoms with Gasteiger partial charge in [-0.1, -0.05) is 6.92 Å². The Bertz CT molecular complexity index is 191. The highest BCUT2D eigenvalue weighted by Crippen LogP contribution is 1.79. The van der Waals surface area contributed by atoms with E-state index in [1.807, 2.05) is 6.92 Å². The van der Waals surface area contributed by atoms with Crippen molar-refractivity contribution in [3.63, 3.8) is 0 Å². The molecule has 14 heavy (non-hydrogen) atoms. The van der Waals surface area contributed by atoms with Crippen LogP contribution in [0.5, 0.6) is 0 Å². The van der Waals surface area contributed by atoms with E-state index < -0.39 is 0 Å². The lowest BCUT2D eigenvalue weighted by atomic mass is 10.4. The summed E-state index contributed by atoms with van der Waals surface area (Å²) in [7, 11) is 3.47. The maximum atomic E-state index is 11.1. The first kappa shape index (κ1) is 12.7. The van der Waals surface area contributed by atoms with Gasteiger partial charge in [-0.3, -0.25) is 9.79 Å². The number of rotatable bonds is 5. The Hall–Kier alpha value is -1.26. The topological polar surface area (TPSA) is 65.5 Å². The van der Waals surface area contributed by atoms with Crippen molar-refractivity contribution in [3.8, 4) is 0 Å². The molecule has 0 aliphatic rings. The molecule has 82 valence electrons. The minimum absolute atomic E-state index is 0.0749. The van der Waals surface area contributed by atoms with Crippen molar-refractivity contribution >= 4 is 11.9 Å². The fourth-order valence-corrected chi connectivity index (χ4v) is 0.926. The Morgan fingerprint density at radius 3 is 2.50 bits per heavy atom. The lowest BCUT2D eigenvalue weighted by molar-refractivity contribution is -0.120. The van der Waals surface area contributed by atoms with E-state index in [0.717, 1.165) is 13.0 Å². The van der Waals surface area contributed by atoms with E-state index in [-0.39, 0.29) is 5.91 Å². The summed E-state index contributed by atoms with van der Waals surface area (Å²) < 4.78 is 0. The summed E-state index contributed by atoms with van der Waals surface area (Å²) >= 11 is 0. The highest BCUT2D eigenvalue weighted by Gasteiger charge is 1.99. The van der Waals surface area contributed by atoms with Crippen molar-refractivity contribution in [2.75, 3.05) is 27.2 Å². The predicted molar refractivity (Wildman–Crippen MR) is 58.3 cm³/mol. The van der Waals surface area contributed by atoms with Crippen LogP contribution in [-0.4, -0.2) is 39.1 Å². The van der Waals surface area contributed by atoms with E-state index in [2.05, 4.69) is 20.9 Å². The molecule has 0 aliphatic heterocycles. The molecule has 0 saturated heterocycles. The van der Waals surface area contributed by atoms with Gasteiger partial charge >= 0.3 is 0 Å². The van der Waals surface area contributed by atoms with Crippen LogP contribution in [0, 0.1) is 0 Å². The van der Waals surface area contributed by atoms with Crippen molar-refractivity contribution in [3.05, 3.63) is 0 Å². The van der Waals surface area contributed by atoms with Crippen LogP contribution in [0.2, 0.25) is 0 Å². The van der Waals surface area contributed by atoms with Crippen molar-refractivity contribution < 1.29 is 4.79 Å². The van der Waals surface area contributed by atoms with Gasteiger partial charge in [0.05, 0.1) is 0 Å².